The van der Waals surface area contributed by atoms with E-state index in [1.54, 1.807) is 0 Å². The van der Waals surface area contributed by atoms with Crippen molar-refractivity contribution in [3.63, 3.8) is 0 Å². The first-order valence-corrected chi connectivity index (χ1v) is 8.14. The Hall–Kier alpha value is -1.55. The number of hydrogen-bond acceptors (Lipinski definition) is 3. The first-order valence-electron chi connectivity index (χ1n) is 8.14. The van der Waals surface area contributed by atoms with E-state index in [1.165, 1.54) is 18.4 Å². The number of nitrogens with one attached hydrogen (secondary N) is 2. The van der Waals surface area contributed by atoms with Gasteiger partial charge in [-0.25, -0.2) is 0 Å². The van der Waals surface area contributed by atoms with Crippen LogP contribution in [-0.2, 0) is 11.2 Å². The summed E-state index contributed by atoms with van der Waals surface area (Å²) in [6.07, 6.45) is 4.50. The number of benzene rings is 1. The van der Waals surface area contributed by atoms with Gasteiger partial charge in [0.15, 0.2) is 0 Å². The van der Waals surface area contributed by atoms with Crippen LogP contribution in [0, 0.1) is 0 Å². The normalized spacial score (nSPS) is 20.8. The Bertz CT molecular complexity index is 499. The third-order valence-corrected chi connectivity index (χ3v) is 4.53. The molecular formula is C17H25N3O. The fourth-order valence-electron chi connectivity index (χ4n) is 3.12. The van der Waals surface area contributed by atoms with Crippen LogP contribution in [0.15, 0.2) is 24.3 Å². The highest BCUT2D eigenvalue weighted by atomic mass is 16.2. The fraction of sp³-hybridized carbons (Fsp3) is 0.588. The smallest absolute Gasteiger partial charge is 0.242 e. The molecule has 1 aliphatic heterocycles. The lowest BCUT2D eigenvalue weighted by atomic mass is 9.98. The van der Waals surface area contributed by atoms with Crippen LogP contribution in [0.25, 0.3) is 0 Å². The number of nitrogens with zero attached hydrogens (tertiary/aromatic N) is 1. The van der Waals surface area contributed by atoms with E-state index in [4.69, 9.17) is 0 Å². The molecule has 0 spiro atoms. The summed E-state index contributed by atoms with van der Waals surface area (Å²) in [5.74, 6) is 0.136. The Morgan fingerprint density at radius 1 is 1.33 bits per heavy atom. The molecular weight excluding hydrogens is 262 g/mol. The summed E-state index contributed by atoms with van der Waals surface area (Å²) in [5, 5.41) is 6.45. The van der Waals surface area contributed by atoms with Crippen LogP contribution < -0.4 is 10.6 Å². The van der Waals surface area contributed by atoms with E-state index in [-0.39, 0.29) is 11.9 Å². The molecule has 0 saturated heterocycles. The topological polar surface area (TPSA) is 44.4 Å². The third kappa shape index (κ3) is 3.56. The third-order valence-electron chi connectivity index (χ3n) is 4.53. The van der Waals surface area contributed by atoms with E-state index in [0.717, 1.165) is 44.2 Å². The number of rotatable bonds is 6. The summed E-state index contributed by atoms with van der Waals surface area (Å²) in [6, 6.07) is 8.94. The molecule has 4 heteroatoms. The Balaban J connectivity index is 1.46. The van der Waals surface area contributed by atoms with E-state index < -0.39 is 0 Å². The summed E-state index contributed by atoms with van der Waals surface area (Å²) in [7, 11) is 0. The molecule has 2 aliphatic rings. The van der Waals surface area contributed by atoms with E-state index in [0.29, 0.717) is 0 Å². The molecule has 1 saturated carbocycles. The quantitative estimate of drug-likeness (QED) is 0.841. The highest BCUT2D eigenvalue weighted by Crippen LogP contribution is 2.26. The Labute approximate surface area is 126 Å². The molecule has 21 heavy (non-hydrogen) atoms. The second kappa shape index (κ2) is 6.48. The largest absolute Gasteiger partial charge is 0.373 e. The highest BCUT2D eigenvalue weighted by molar-refractivity contribution is 5.85. The van der Waals surface area contributed by atoms with Crippen molar-refractivity contribution in [3.8, 4) is 0 Å². The van der Waals surface area contributed by atoms with Gasteiger partial charge in [-0.2, -0.15) is 0 Å². The minimum Gasteiger partial charge on any atom is -0.373 e. The SMILES string of the molecule is CCN(CCNC(=O)C1CCc2ccccc2N1)C1CC1. The maximum atomic E-state index is 12.3. The van der Waals surface area contributed by atoms with Crippen molar-refractivity contribution in [1.82, 2.24) is 10.2 Å². The van der Waals surface area contributed by atoms with Gasteiger partial charge >= 0.3 is 0 Å². The number of fused-ring (bicyclic) bond motifs is 1. The molecule has 1 aromatic rings. The molecule has 1 heterocycles. The maximum absolute atomic E-state index is 12.3. The molecule has 1 fully saturated rings. The summed E-state index contributed by atoms with van der Waals surface area (Å²) in [6.45, 7) is 4.99. The van der Waals surface area contributed by atoms with Gasteiger partial charge in [0.1, 0.15) is 6.04 Å². The fourth-order valence-corrected chi connectivity index (χ4v) is 3.12. The number of anilines is 1. The number of para-hydroxylation sites is 1. The Morgan fingerprint density at radius 3 is 2.90 bits per heavy atom. The number of hydrogen-bond donors (Lipinski definition) is 2. The average Bonchev–Trinajstić information content (AvgIpc) is 3.35. The van der Waals surface area contributed by atoms with Crippen molar-refractivity contribution < 1.29 is 4.79 Å². The molecule has 1 unspecified atom stereocenters. The van der Waals surface area contributed by atoms with Crippen molar-refractivity contribution in [3.05, 3.63) is 29.8 Å². The van der Waals surface area contributed by atoms with Gasteiger partial charge in [0.05, 0.1) is 0 Å². The lowest BCUT2D eigenvalue weighted by Crippen LogP contribution is -2.44. The van der Waals surface area contributed by atoms with Gasteiger partial charge in [-0.1, -0.05) is 25.1 Å². The molecule has 1 amide bonds. The second-order valence-electron chi connectivity index (χ2n) is 6.04. The molecule has 1 aromatic carbocycles. The van der Waals surface area contributed by atoms with Gasteiger partial charge in [-0.3, -0.25) is 9.69 Å². The van der Waals surface area contributed by atoms with E-state index in [2.05, 4.69) is 40.7 Å². The van der Waals surface area contributed by atoms with Gasteiger partial charge in [-0.15, -0.1) is 0 Å². The van der Waals surface area contributed by atoms with Gasteiger partial charge < -0.3 is 10.6 Å². The van der Waals surface area contributed by atoms with Crippen molar-refractivity contribution in [1.29, 1.82) is 0 Å². The minimum atomic E-state index is -0.0871. The van der Waals surface area contributed by atoms with Crippen molar-refractivity contribution in [2.75, 3.05) is 25.0 Å². The highest BCUT2D eigenvalue weighted by Gasteiger charge is 2.28. The van der Waals surface area contributed by atoms with Crippen LogP contribution in [0.5, 0.6) is 0 Å². The van der Waals surface area contributed by atoms with Crippen LogP contribution in [0.3, 0.4) is 0 Å². The molecule has 2 N–H and O–H groups in total. The Kier molecular flexibility index (Phi) is 4.44. The van der Waals surface area contributed by atoms with Crippen LogP contribution >= 0.6 is 0 Å². The number of aryl methyl sites for hydroxylation is 1. The summed E-state index contributed by atoms with van der Waals surface area (Å²) in [5.41, 5.74) is 2.42. The predicted octanol–water partition coefficient (Wildman–Crippen LogP) is 2.01. The van der Waals surface area contributed by atoms with E-state index in [9.17, 15) is 4.79 Å². The maximum Gasteiger partial charge on any atom is 0.242 e. The van der Waals surface area contributed by atoms with Crippen LogP contribution in [0.2, 0.25) is 0 Å². The molecule has 114 valence electrons. The zero-order valence-electron chi connectivity index (χ0n) is 12.8. The van der Waals surface area contributed by atoms with Crippen molar-refractivity contribution >= 4 is 11.6 Å². The standard InChI is InChI=1S/C17H25N3O/c1-2-20(14-8-9-14)12-11-18-17(21)16-10-7-13-5-3-4-6-15(13)19-16/h3-6,14,16,19H,2,7-12H2,1H3,(H,18,21). The van der Waals surface area contributed by atoms with Crippen LogP contribution in [0.1, 0.15) is 31.7 Å². The average molecular weight is 287 g/mol. The lowest BCUT2D eigenvalue weighted by molar-refractivity contribution is -0.122. The first-order chi connectivity index (χ1) is 10.3. The molecule has 1 atom stereocenters. The number of likely N-dealkylation sites (N-methyl/N-ethyl adjacent to an activating group) is 1. The van der Waals surface area contributed by atoms with E-state index in [1.807, 2.05) is 6.07 Å². The first kappa shape index (κ1) is 14.4. The molecule has 0 aromatic heterocycles. The number of amides is 1. The van der Waals surface area contributed by atoms with Crippen molar-refractivity contribution in [2.24, 2.45) is 0 Å². The van der Waals surface area contributed by atoms with Gasteiger partial charge in [0.2, 0.25) is 5.91 Å². The van der Waals surface area contributed by atoms with Crippen LogP contribution in [0.4, 0.5) is 5.69 Å². The molecule has 0 radical (unpaired) electrons. The molecule has 0 bridgehead atoms. The summed E-state index contributed by atoms with van der Waals surface area (Å²) >= 11 is 0. The number of carbonyl (C=O) groups excluding carboxylic acids is 1. The van der Waals surface area contributed by atoms with Gasteiger partial charge in [-0.05, 0) is 43.9 Å². The summed E-state index contributed by atoms with van der Waals surface area (Å²) < 4.78 is 0. The minimum absolute atomic E-state index is 0.0871. The van der Waals surface area contributed by atoms with Gasteiger partial charge in [0.25, 0.3) is 0 Å². The summed E-state index contributed by atoms with van der Waals surface area (Å²) in [4.78, 5) is 14.7. The number of carbonyl (C=O) groups is 1. The van der Waals surface area contributed by atoms with Gasteiger partial charge in [0, 0.05) is 24.8 Å². The zero-order valence-corrected chi connectivity index (χ0v) is 12.8. The second-order valence-corrected chi connectivity index (χ2v) is 6.04. The monoisotopic (exact) mass is 287 g/mol. The molecule has 4 nitrogen and oxygen atoms in total. The zero-order chi connectivity index (χ0) is 14.7. The molecule has 1 aliphatic carbocycles. The lowest BCUT2D eigenvalue weighted by Gasteiger charge is -2.27. The van der Waals surface area contributed by atoms with Crippen LogP contribution in [-0.4, -0.2) is 42.5 Å². The predicted molar refractivity (Wildman–Crippen MR) is 85.5 cm³/mol. The Morgan fingerprint density at radius 2 is 2.14 bits per heavy atom. The molecule has 3 rings (SSSR count). The van der Waals surface area contributed by atoms with Crippen molar-refractivity contribution in [2.45, 2.75) is 44.7 Å². The van der Waals surface area contributed by atoms with E-state index >= 15 is 0 Å².